The lowest BCUT2D eigenvalue weighted by molar-refractivity contribution is 0.226. The van der Waals surface area contributed by atoms with Gasteiger partial charge >= 0.3 is 0 Å². The minimum Gasteiger partial charge on any atom is -0.193 e. The fraction of sp³-hybridized carbons (Fsp3) is 0.759. The summed E-state index contributed by atoms with van der Waals surface area (Å²) in [5, 5.41) is 9.26. The van der Waals surface area contributed by atoms with Crippen LogP contribution in [0.3, 0.4) is 0 Å². The summed E-state index contributed by atoms with van der Waals surface area (Å²) in [5.74, 6) is 6.80. The Morgan fingerprint density at radius 3 is 2.23 bits per heavy atom. The summed E-state index contributed by atoms with van der Waals surface area (Å²) >= 11 is 0. The molecule has 30 heavy (non-hydrogen) atoms. The van der Waals surface area contributed by atoms with E-state index in [2.05, 4.69) is 71.9 Å². The van der Waals surface area contributed by atoms with Gasteiger partial charge in [0.2, 0.25) is 0 Å². The molecule has 0 radical (unpaired) electrons. The van der Waals surface area contributed by atoms with Gasteiger partial charge in [0.1, 0.15) is 0 Å². The lowest BCUT2D eigenvalue weighted by atomic mass is 9.75. The molecule has 0 spiro atoms. The molecule has 0 N–H and O–H groups in total. The molecule has 0 aromatic carbocycles. The van der Waals surface area contributed by atoms with Gasteiger partial charge in [0.15, 0.2) is 0 Å². The fourth-order valence-corrected chi connectivity index (χ4v) is 6.90. The van der Waals surface area contributed by atoms with Crippen molar-refractivity contribution >= 4 is 0 Å². The number of hydrogen-bond donors (Lipinski definition) is 0. The predicted molar refractivity (Wildman–Crippen MR) is 129 cm³/mol. The maximum absolute atomic E-state index is 9.26. The van der Waals surface area contributed by atoms with E-state index in [1.165, 1.54) is 38.5 Å². The highest BCUT2D eigenvalue weighted by atomic mass is 14.4. The first-order valence-corrected chi connectivity index (χ1v) is 12.7. The first-order valence-electron chi connectivity index (χ1n) is 12.7. The van der Waals surface area contributed by atoms with Crippen LogP contribution in [0.25, 0.3) is 0 Å². The van der Waals surface area contributed by atoms with E-state index in [4.69, 9.17) is 0 Å². The van der Waals surface area contributed by atoms with Gasteiger partial charge in [-0.25, -0.2) is 0 Å². The molecule has 8 atom stereocenters. The summed E-state index contributed by atoms with van der Waals surface area (Å²) < 4.78 is 0. The molecule has 0 aromatic heterocycles. The second kappa shape index (κ2) is 10.3. The van der Waals surface area contributed by atoms with E-state index in [0.717, 1.165) is 47.5 Å². The van der Waals surface area contributed by atoms with Gasteiger partial charge in [-0.05, 0) is 105 Å². The van der Waals surface area contributed by atoms with Crippen molar-refractivity contribution in [1.29, 1.82) is 5.26 Å². The van der Waals surface area contributed by atoms with Gasteiger partial charge in [0, 0.05) is 5.57 Å². The number of rotatable bonds is 9. The van der Waals surface area contributed by atoms with Crippen molar-refractivity contribution in [3.63, 3.8) is 0 Å². The maximum atomic E-state index is 9.26. The second-order valence-electron chi connectivity index (χ2n) is 11.5. The molecule has 166 valence electrons. The third-order valence-electron chi connectivity index (χ3n) is 8.75. The van der Waals surface area contributed by atoms with Crippen molar-refractivity contribution in [1.82, 2.24) is 0 Å². The van der Waals surface area contributed by atoms with Gasteiger partial charge < -0.3 is 0 Å². The molecular weight excluding hydrogens is 362 g/mol. The van der Waals surface area contributed by atoms with Crippen LogP contribution in [0.15, 0.2) is 35.5 Å². The van der Waals surface area contributed by atoms with Gasteiger partial charge in [0.05, 0.1) is 6.07 Å². The maximum Gasteiger partial charge on any atom is 0.0943 e. The summed E-state index contributed by atoms with van der Waals surface area (Å²) in [6.07, 6.45) is 18.9. The van der Waals surface area contributed by atoms with E-state index in [0.29, 0.717) is 17.8 Å². The van der Waals surface area contributed by atoms with Crippen LogP contribution in [0, 0.1) is 64.6 Å². The minimum atomic E-state index is 0.605. The summed E-state index contributed by atoms with van der Waals surface area (Å²) in [5.41, 5.74) is 2.64. The van der Waals surface area contributed by atoms with Crippen molar-refractivity contribution in [3.05, 3.63) is 35.5 Å². The van der Waals surface area contributed by atoms with Crippen LogP contribution in [0.4, 0.5) is 0 Å². The van der Waals surface area contributed by atoms with Gasteiger partial charge in [0.25, 0.3) is 0 Å². The van der Waals surface area contributed by atoms with Gasteiger partial charge in [-0.15, -0.1) is 0 Å². The third kappa shape index (κ3) is 5.49. The molecule has 8 unspecified atom stereocenters. The molecule has 0 saturated heterocycles. The Bertz CT molecular complexity index is 702. The highest BCUT2D eigenvalue weighted by Gasteiger charge is 2.33. The first-order chi connectivity index (χ1) is 14.3. The van der Waals surface area contributed by atoms with Crippen LogP contribution >= 0.6 is 0 Å². The van der Waals surface area contributed by atoms with Gasteiger partial charge in [-0.1, -0.05) is 64.5 Å². The van der Waals surface area contributed by atoms with Crippen molar-refractivity contribution in [2.45, 2.75) is 86.5 Å². The second-order valence-corrected chi connectivity index (χ2v) is 11.5. The monoisotopic (exact) mass is 407 g/mol. The lowest BCUT2D eigenvalue weighted by Gasteiger charge is -2.30. The van der Waals surface area contributed by atoms with Crippen LogP contribution in [-0.2, 0) is 0 Å². The first kappa shape index (κ1) is 23.4. The van der Waals surface area contributed by atoms with E-state index in [1.54, 1.807) is 5.57 Å². The van der Waals surface area contributed by atoms with Gasteiger partial charge in [-0.2, -0.15) is 5.26 Å². The summed E-state index contributed by atoms with van der Waals surface area (Å²) in [6.45, 7) is 14.4. The molecule has 0 aromatic rings. The van der Waals surface area contributed by atoms with E-state index in [1.807, 2.05) is 0 Å². The quantitative estimate of drug-likeness (QED) is 0.352. The largest absolute Gasteiger partial charge is 0.193 e. The molecule has 0 bridgehead atoms. The van der Waals surface area contributed by atoms with Crippen LogP contribution in [0.1, 0.15) is 86.5 Å². The molecule has 3 rings (SSSR count). The summed E-state index contributed by atoms with van der Waals surface area (Å²) in [6, 6.07) is 2.40. The Labute approximate surface area is 186 Å². The SMILES string of the molecule is CC1=CC(C(C)CCC2CC=CC2C(C)C)C(CCC(C)C2C=C(C#N)CC2C)C1. The van der Waals surface area contributed by atoms with Crippen LogP contribution in [0.2, 0.25) is 0 Å². The zero-order chi connectivity index (χ0) is 21.8. The standard InChI is InChI=1S/C29H45N/c1-19(2)27-9-7-8-25(27)12-10-22(5)29-15-20(3)14-26(29)13-11-21(4)28-17-24(18-30)16-23(28)6/h7,9,15,17,19,21-23,25-29H,8,10-14,16H2,1-6H3. The van der Waals surface area contributed by atoms with Crippen molar-refractivity contribution in [3.8, 4) is 6.07 Å². The molecule has 3 aliphatic carbocycles. The molecule has 0 fully saturated rings. The number of nitriles is 1. The Kier molecular flexibility index (Phi) is 8.06. The molecule has 0 heterocycles. The smallest absolute Gasteiger partial charge is 0.0943 e. The Morgan fingerprint density at radius 1 is 0.933 bits per heavy atom. The lowest BCUT2D eigenvalue weighted by Crippen LogP contribution is -2.21. The van der Waals surface area contributed by atoms with Crippen molar-refractivity contribution in [2.24, 2.45) is 53.3 Å². The van der Waals surface area contributed by atoms with Crippen molar-refractivity contribution < 1.29 is 0 Å². The predicted octanol–water partition coefficient (Wildman–Crippen LogP) is 8.36. The van der Waals surface area contributed by atoms with E-state index in [9.17, 15) is 5.26 Å². The van der Waals surface area contributed by atoms with Gasteiger partial charge in [-0.3, -0.25) is 0 Å². The Morgan fingerprint density at radius 2 is 1.60 bits per heavy atom. The topological polar surface area (TPSA) is 23.8 Å². The van der Waals surface area contributed by atoms with Crippen LogP contribution < -0.4 is 0 Å². The summed E-state index contributed by atoms with van der Waals surface area (Å²) in [4.78, 5) is 0. The average molecular weight is 408 g/mol. The number of hydrogen-bond acceptors (Lipinski definition) is 1. The Hall–Kier alpha value is -1.29. The van der Waals surface area contributed by atoms with Crippen LogP contribution in [-0.4, -0.2) is 0 Å². The Balaban J connectivity index is 1.51. The minimum absolute atomic E-state index is 0.605. The molecule has 0 amide bonds. The fourth-order valence-electron chi connectivity index (χ4n) is 6.90. The highest BCUT2D eigenvalue weighted by molar-refractivity contribution is 5.27. The average Bonchev–Trinajstić information content (AvgIpc) is 3.42. The zero-order valence-electron chi connectivity index (χ0n) is 20.4. The summed E-state index contributed by atoms with van der Waals surface area (Å²) in [7, 11) is 0. The van der Waals surface area contributed by atoms with Crippen molar-refractivity contribution in [2.75, 3.05) is 0 Å². The molecule has 0 saturated carbocycles. The van der Waals surface area contributed by atoms with E-state index in [-0.39, 0.29) is 0 Å². The normalized spacial score (nSPS) is 35.4. The molecule has 0 aliphatic heterocycles. The number of nitrogens with zero attached hydrogens (tertiary/aromatic N) is 1. The highest BCUT2D eigenvalue weighted by Crippen LogP contribution is 2.44. The molecule has 1 nitrogen and oxygen atoms in total. The molecular formula is C29H45N. The van der Waals surface area contributed by atoms with E-state index >= 15 is 0 Å². The van der Waals surface area contributed by atoms with Crippen LogP contribution in [0.5, 0.6) is 0 Å². The zero-order valence-corrected chi connectivity index (χ0v) is 20.4. The van der Waals surface area contributed by atoms with E-state index < -0.39 is 0 Å². The molecule has 1 heteroatoms. The number of allylic oxidation sites excluding steroid dienone is 6. The third-order valence-corrected chi connectivity index (χ3v) is 8.75. The molecule has 3 aliphatic rings.